The number of likely N-dealkylation sites (N-methyl/N-ethyl adjacent to an activating group) is 1. The van der Waals surface area contributed by atoms with Crippen LogP contribution in [0.5, 0.6) is 0 Å². The van der Waals surface area contributed by atoms with Crippen LogP contribution >= 0.6 is 23.6 Å². The molecule has 134 valence electrons. The number of nitrogens with one attached hydrogen (secondary N) is 2. The van der Waals surface area contributed by atoms with Crippen LogP contribution in [0.1, 0.15) is 24.0 Å². The number of amides is 1. The van der Waals surface area contributed by atoms with Crippen molar-refractivity contribution in [2.75, 3.05) is 18.9 Å². The Balaban J connectivity index is 1.62. The highest BCUT2D eigenvalue weighted by Crippen LogP contribution is 2.25. The number of aromatic nitrogens is 2. The minimum Gasteiger partial charge on any atom is -0.352 e. The van der Waals surface area contributed by atoms with Crippen molar-refractivity contribution in [3.8, 4) is 0 Å². The maximum absolute atomic E-state index is 11.9. The van der Waals surface area contributed by atoms with Crippen LogP contribution in [-0.2, 0) is 11.5 Å². The lowest BCUT2D eigenvalue weighted by Crippen LogP contribution is -2.37. The van der Waals surface area contributed by atoms with Crippen LogP contribution in [0.3, 0.4) is 0 Å². The normalized spacial score (nSPS) is 13.9. The second kappa shape index (κ2) is 7.63. The van der Waals surface area contributed by atoms with Gasteiger partial charge < -0.3 is 10.6 Å². The van der Waals surface area contributed by atoms with Crippen LogP contribution in [0.2, 0.25) is 0 Å². The van der Waals surface area contributed by atoms with E-state index in [-0.39, 0.29) is 5.91 Å². The number of hydrogen-bond acceptors (Lipinski definition) is 6. The molecule has 1 heterocycles. The molecule has 3 rings (SSSR count). The minimum absolute atomic E-state index is 0.0560. The molecule has 1 aliphatic rings. The highest BCUT2D eigenvalue weighted by Gasteiger charge is 2.23. The Morgan fingerprint density at radius 1 is 1.44 bits per heavy atom. The van der Waals surface area contributed by atoms with E-state index in [2.05, 4.69) is 35.6 Å². The Labute approximate surface area is 156 Å². The molecule has 0 bridgehead atoms. The number of aryl methyl sites for hydroxylation is 1. The number of benzene rings is 1. The van der Waals surface area contributed by atoms with Crippen molar-refractivity contribution >= 4 is 40.3 Å². The smallest absolute Gasteiger partial charge is 0.234 e. The summed E-state index contributed by atoms with van der Waals surface area (Å²) in [4.78, 5) is 13.8. The Morgan fingerprint density at radius 2 is 2.20 bits per heavy atom. The van der Waals surface area contributed by atoms with Crippen molar-refractivity contribution in [1.82, 2.24) is 20.0 Å². The topological polar surface area (TPSA) is 62.2 Å². The molecule has 1 fully saturated rings. The van der Waals surface area contributed by atoms with E-state index in [0.29, 0.717) is 23.2 Å². The maximum atomic E-state index is 11.9. The van der Waals surface area contributed by atoms with Crippen LogP contribution in [0.4, 0.5) is 10.8 Å². The van der Waals surface area contributed by atoms with E-state index in [1.807, 2.05) is 24.1 Å². The molecule has 0 spiro atoms. The zero-order valence-electron chi connectivity index (χ0n) is 14.7. The quantitative estimate of drug-likeness (QED) is 0.726. The standard InChI is InChI=1S/C17H23N5OS2/c1-11-5-4-6-14(12(11)2)19-16-20-22(17(24)25-16)10-21(3)9-15(23)18-13-7-8-13/h4-6,13H,7-10H2,1-3H3,(H,18,23)(H,19,20). The Bertz CT molecular complexity index is 825. The average Bonchev–Trinajstić information content (AvgIpc) is 3.28. The van der Waals surface area contributed by atoms with Gasteiger partial charge in [0.25, 0.3) is 0 Å². The van der Waals surface area contributed by atoms with Gasteiger partial charge in [0.2, 0.25) is 11.0 Å². The second-order valence-corrected chi connectivity index (χ2v) is 8.17. The molecule has 0 aliphatic heterocycles. The molecule has 0 radical (unpaired) electrons. The number of anilines is 2. The lowest BCUT2D eigenvalue weighted by Gasteiger charge is -2.15. The fraction of sp³-hybridized carbons (Fsp3) is 0.471. The Hall–Kier alpha value is -1.77. The van der Waals surface area contributed by atoms with Gasteiger partial charge in [0, 0.05) is 11.7 Å². The highest BCUT2D eigenvalue weighted by atomic mass is 32.1. The van der Waals surface area contributed by atoms with Crippen molar-refractivity contribution in [3.63, 3.8) is 0 Å². The maximum Gasteiger partial charge on any atom is 0.234 e. The predicted octanol–water partition coefficient (Wildman–Crippen LogP) is 3.20. The van der Waals surface area contributed by atoms with Gasteiger partial charge in [-0.3, -0.25) is 9.69 Å². The van der Waals surface area contributed by atoms with Crippen molar-refractivity contribution in [2.24, 2.45) is 0 Å². The van der Waals surface area contributed by atoms with Crippen LogP contribution in [0.25, 0.3) is 0 Å². The van der Waals surface area contributed by atoms with Gasteiger partial charge in [-0.05, 0) is 63.1 Å². The van der Waals surface area contributed by atoms with E-state index in [4.69, 9.17) is 12.2 Å². The van der Waals surface area contributed by atoms with E-state index in [1.165, 1.54) is 22.5 Å². The Kier molecular flexibility index (Phi) is 5.51. The van der Waals surface area contributed by atoms with E-state index < -0.39 is 0 Å². The van der Waals surface area contributed by atoms with Crippen molar-refractivity contribution in [1.29, 1.82) is 0 Å². The van der Waals surface area contributed by atoms with Crippen molar-refractivity contribution in [2.45, 2.75) is 39.4 Å². The number of rotatable bonds is 7. The van der Waals surface area contributed by atoms with Crippen LogP contribution in [0, 0.1) is 17.8 Å². The van der Waals surface area contributed by atoms with E-state index >= 15 is 0 Å². The summed E-state index contributed by atoms with van der Waals surface area (Å²) in [6.07, 6.45) is 2.19. The summed E-state index contributed by atoms with van der Waals surface area (Å²) in [6, 6.07) is 6.53. The third-order valence-corrected chi connectivity index (χ3v) is 5.41. The third-order valence-electron chi connectivity index (χ3n) is 4.18. The summed E-state index contributed by atoms with van der Waals surface area (Å²) < 4.78 is 2.43. The number of carbonyl (C=O) groups excluding carboxylic acids is 1. The van der Waals surface area contributed by atoms with Gasteiger partial charge in [-0.15, -0.1) is 5.10 Å². The molecule has 1 aromatic carbocycles. The molecular formula is C17H23N5OS2. The average molecular weight is 378 g/mol. The molecule has 2 N–H and O–H groups in total. The molecular weight excluding hydrogens is 354 g/mol. The first-order valence-corrected chi connectivity index (χ1v) is 9.54. The largest absolute Gasteiger partial charge is 0.352 e. The summed E-state index contributed by atoms with van der Waals surface area (Å²) >= 11 is 6.85. The van der Waals surface area contributed by atoms with Crippen LogP contribution in [-0.4, -0.2) is 40.2 Å². The fourth-order valence-corrected chi connectivity index (χ4v) is 3.48. The molecule has 6 nitrogen and oxygen atoms in total. The van der Waals surface area contributed by atoms with Gasteiger partial charge in [0.05, 0.1) is 13.2 Å². The van der Waals surface area contributed by atoms with Gasteiger partial charge in [0.1, 0.15) is 0 Å². The van der Waals surface area contributed by atoms with Crippen LogP contribution in [0.15, 0.2) is 18.2 Å². The predicted molar refractivity (Wildman–Crippen MR) is 104 cm³/mol. The van der Waals surface area contributed by atoms with E-state index in [0.717, 1.165) is 23.7 Å². The van der Waals surface area contributed by atoms with Gasteiger partial charge >= 0.3 is 0 Å². The first kappa shape index (κ1) is 18.0. The molecule has 25 heavy (non-hydrogen) atoms. The first-order chi connectivity index (χ1) is 11.9. The zero-order chi connectivity index (χ0) is 18.0. The number of carbonyl (C=O) groups is 1. The first-order valence-electron chi connectivity index (χ1n) is 8.31. The lowest BCUT2D eigenvalue weighted by molar-refractivity contribution is -0.122. The summed E-state index contributed by atoms with van der Waals surface area (Å²) in [7, 11) is 1.89. The summed E-state index contributed by atoms with van der Waals surface area (Å²) in [5, 5.41) is 11.6. The SMILES string of the molecule is Cc1cccc(Nc2nn(CN(C)CC(=O)NC3CC3)c(=S)s2)c1C. The molecule has 0 saturated heterocycles. The number of hydrogen-bond donors (Lipinski definition) is 2. The third kappa shape index (κ3) is 4.87. The van der Waals surface area contributed by atoms with Crippen LogP contribution < -0.4 is 10.6 Å². The fourth-order valence-electron chi connectivity index (χ4n) is 2.47. The number of nitrogens with zero attached hydrogens (tertiary/aromatic N) is 3. The molecule has 1 amide bonds. The molecule has 2 aromatic rings. The minimum atomic E-state index is 0.0560. The summed E-state index contributed by atoms with van der Waals surface area (Å²) in [5.41, 5.74) is 3.46. The van der Waals surface area contributed by atoms with E-state index in [9.17, 15) is 4.79 Å². The monoisotopic (exact) mass is 377 g/mol. The molecule has 1 saturated carbocycles. The Morgan fingerprint density at radius 3 is 2.92 bits per heavy atom. The van der Waals surface area contributed by atoms with Gasteiger partial charge in [-0.1, -0.05) is 23.5 Å². The van der Waals surface area contributed by atoms with Gasteiger partial charge in [-0.25, -0.2) is 4.68 Å². The molecule has 8 heteroatoms. The molecule has 0 atom stereocenters. The summed E-state index contributed by atoms with van der Waals surface area (Å²) in [6.45, 7) is 5.00. The van der Waals surface area contributed by atoms with Crippen molar-refractivity contribution in [3.05, 3.63) is 33.3 Å². The molecule has 1 aromatic heterocycles. The van der Waals surface area contributed by atoms with Gasteiger partial charge in [-0.2, -0.15) is 0 Å². The van der Waals surface area contributed by atoms with E-state index in [1.54, 1.807) is 4.68 Å². The second-order valence-electron chi connectivity index (χ2n) is 6.54. The van der Waals surface area contributed by atoms with Crippen molar-refractivity contribution < 1.29 is 4.79 Å². The molecule has 0 unspecified atom stereocenters. The zero-order valence-corrected chi connectivity index (χ0v) is 16.3. The molecule has 1 aliphatic carbocycles. The highest BCUT2D eigenvalue weighted by molar-refractivity contribution is 7.73. The summed E-state index contributed by atoms with van der Waals surface area (Å²) in [5.74, 6) is 0.0560. The van der Waals surface area contributed by atoms with Gasteiger partial charge in [0.15, 0.2) is 3.95 Å². The lowest BCUT2D eigenvalue weighted by atomic mass is 10.1.